The first-order valence-corrected chi connectivity index (χ1v) is 4.82. The van der Waals surface area contributed by atoms with E-state index < -0.39 is 4.92 Å². The molecule has 0 radical (unpaired) electrons. The van der Waals surface area contributed by atoms with Crippen LogP contribution in [-0.4, -0.2) is 14.5 Å². The molecule has 0 N–H and O–H groups in total. The van der Waals surface area contributed by atoms with E-state index in [1.165, 1.54) is 12.3 Å². The fourth-order valence-electron chi connectivity index (χ4n) is 1.59. The molecular weight excluding hydrogens is 220 g/mol. The number of aromatic nitrogens is 2. The summed E-state index contributed by atoms with van der Waals surface area (Å²) in [6.45, 7) is 1.66. The molecule has 0 aliphatic heterocycles. The molecule has 6 heteroatoms. The van der Waals surface area contributed by atoms with Gasteiger partial charge in [-0.25, -0.2) is 4.98 Å². The molecule has 0 fully saturated rings. The van der Waals surface area contributed by atoms with Gasteiger partial charge < -0.3 is 0 Å². The molecule has 0 spiro atoms. The van der Waals surface area contributed by atoms with E-state index in [0.717, 1.165) is 0 Å². The minimum Gasteiger partial charge on any atom is -0.291 e. The van der Waals surface area contributed by atoms with Gasteiger partial charge in [0.2, 0.25) is 5.82 Å². The smallest absolute Gasteiger partial charge is 0.272 e. The zero-order valence-corrected chi connectivity index (χ0v) is 8.99. The summed E-state index contributed by atoms with van der Waals surface area (Å²) in [6, 6.07) is 6.62. The van der Waals surface area contributed by atoms with Crippen LogP contribution in [0.1, 0.15) is 11.4 Å². The van der Waals surface area contributed by atoms with Gasteiger partial charge in [0.25, 0.3) is 5.69 Å². The van der Waals surface area contributed by atoms with Gasteiger partial charge in [-0.15, -0.1) is 0 Å². The minimum absolute atomic E-state index is 0.0624. The third-order valence-electron chi connectivity index (χ3n) is 2.40. The SMILES string of the molecule is Cc1cc(-n2ccnc2C#N)ccc1[N+](=O)[O-]. The first-order chi connectivity index (χ1) is 8.13. The normalized spacial score (nSPS) is 9.88. The van der Waals surface area contributed by atoms with Crippen LogP contribution >= 0.6 is 0 Å². The van der Waals surface area contributed by atoms with E-state index in [9.17, 15) is 10.1 Å². The molecule has 2 rings (SSSR count). The fourth-order valence-corrected chi connectivity index (χ4v) is 1.59. The van der Waals surface area contributed by atoms with Crippen LogP contribution in [0.25, 0.3) is 5.69 Å². The van der Waals surface area contributed by atoms with E-state index in [-0.39, 0.29) is 11.5 Å². The highest BCUT2D eigenvalue weighted by atomic mass is 16.6. The summed E-state index contributed by atoms with van der Waals surface area (Å²) in [5, 5.41) is 19.5. The second-order valence-corrected chi connectivity index (χ2v) is 3.46. The predicted octanol–water partition coefficient (Wildman–Crippen LogP) is 1.96. The molecule has 0 saturated carbocycles. The number of aryl methyl sites for hydroxylation is 1. The number of hydrogen-bond donors (Lipinski definition) is 0. The van der Waals surface area contributed by atoms with Crippen LogP contribution in [0.3, 0.4) is 0 Å². The van der Waals surface area contributed by atoms with Crippen LogP contribution < -0.4 is 0 Å². The van der Waals surface area contributed by atoms with Gasteiger partial charge in [-0.05, 0) is 19.1 Å². The minimum atomic E-state index is -0.432. The number of benzene rings is 1. The summed E-state index contributed by atoms with van der Waals surface area (Å²) in [6.07, 6.45) is 3.15. The standard InChI is InChI=1S/C11H8N4O2/c1-8-6-9(2-3-10(8)15(16)17)14-5-4-13-11(14)7-12/h2-6H,1H3. The van der Waals surface area contributed by atoms with Crippen LogP contribution in [0.15, 0.2) is 30.6 Å². The van der Waals surface area contributed by atoms with Gasteiger partial charge in [0.15, 0.2) is 0 Å². The molecule has 0 saturated heterocycles. The molecule has 1 aromatic carbocycles. The van der Waals surface area contributed by atoms with Crippen molar-refractivity contribution in [1.82, 2.24) is 9.55 Å². The third kappa shape index (κ3) is 1.86. The largest absolute Gasteiger partial charge is 0.291 e. The Balaban J connectivity index is 2.53. The first-order valence-electron chi connectivity index (χ1n) is 4.82. The van der Waals surface area contributed by atoms with E-state index >= 15 is 0 Å². The summed E-state index contributed by atoms with van der Waals surface area (Å²) in [5.41, 5.74) is 1.29. The van der Waals surface area contributed by atoms with Crippen molar-refractivity contribution in [1.29, 1.82) is 5.26 Å². The van der Waals surface area contributed by atoms with Crippen LogP contribution in [0.5, 0.6) is 0 Å². The Labute approximate surface area is 96.9 Å². The number of imidazole rings is 1. The predicted molar refractivity (Wildman–Crippen MR) is 59.7 cm³/mol. The van der Waals surface area contributed by atoms with Gasteiger partial charge in [0, 0.05) is 29.7 Å². The van der Waals surface area contributed by atoms with E-state index in [4.69, 9.17) is 5.26 Å². The maximum absolute atomic E-state index is 10.7. The number of nitrogens with zero attached hydrogens (tertiary/aromatic N) is 4. The van der Waals surface area contributed by atoms with Crippen molar-refractivity contribution in [2.24, 2.45) is 0 Å². The molecule has 6 nitrogen and oxygen atoms in total. The number of nitro benzene ring substituents is 1. The summed E-state index contributed by atoms with van der Waals surface area (Å²) in [7, 11) is 0. The molecule has 0 unspecified atom stereocenters. The molecule has 0 amide bonds. The molecule has 0 aliphatic carbocycles. The van der Waals surface area contributed by atoms with Gasteiger partial charge in [0.05, 0.1) is 4.92 Å². The maximum atomic E-state index is 10.7. The summed E-state index contributed by atoms with van der Waals surface area (Å²) >= 11 is 0. The lowest BCUT2D eigenvalue weighted by atomic mass is 10.2. The highest BCUT2D eigenvalue weighted by Gasteiger charge is 2.12. The lowest BCUT2D eigenvalue weighted by Gasteiger charge is -2.04. The Bertz CT molecular complexity index is 625. The quantitative estimate of drug-likeness (QED) is 0.580. The van der Waals surface area contributed by atoms with Gasteiger partial charge in [-0.3, -0.25) is 14.7 Å². The first kappa shape index (κ1) is 10.8. The number of rotatable bonds is 2. The molecule has 1 heterocycles. The van der Waals surface area contributed by atoms with Crippen LogP contribution in [-0.2, 0) is 0 Å². The van der Waals surface area contributed by atoms with Crippen molar-refractivity contribution in [3.05, 3.63) is 52.1 Å². The molecule has 0 aliphatic rings. The van der Waals surface area contributed by atoms with Crippen molar-refractivity contribution in [2.75, 3.05) is 0 Å². The number of nitro groups is 1. The Morgan fingerprint density at radius 2 is 2.29 bits per heavy atom. The highest BCUT2D eigenvalue weighted by molar-refractivity contribution is 5.48. The summed E-state index contributed by atoms with van der Waals surface area (Å²) in [5.74, 6) is 0.248. The fraction of sp³-hybridized carbons (Fsp3) is 0.0909. The zero-order chi connectivity index (χ0) is 12.4. The van der Waals surface area contributed by atoms with Crippen molar-refractivity contribution in [3.8, 4) is 11.8 Å². The van der Waals surface area contributed by atoms with Crippen molar-refractivity contribution < 1.29 is 4.92 Å². The second kappa shape index (κ2) is 4.06. The van der Waals surface area contributed by atoms with Gasteiger partial charge >= 0.3 is 0 Å². The molecule has 84 valence electrons. The maximum Gasteiger partial charge on any atom is 0.272 e. The topological polar surface area (TPSA) is 84.8 Å². The summed E-state index contributed by atoms with van der Waals surface area (Å²) < 4.78 is 1.58. The number of hydrogen-bond acceptors (Lipinski definition) is 4. The average Bonchev–Trinajstić information content (AvgIpc) is 2.76. The van der Waals surface area contributed by atoms with Crippen molar-refractivity contribution in [3.63, 3.8) is 0 Å². The average molecular weight is 228 g/mol. The molecule has 2 aromatic rings. The van der Waals surface area contributed by atoms with Gasteiger partial charge in [0.1, 0.15) is 6.07 Å². The second-order valence-electron chi connectivity index (χ2n) is 3.46. The summed E-state index contributed by atoms with van der Waals surface area (Å²) in [4.78, 5) is 14.1. The molecular formula is C11H8N4O2. The Kier molecular flexibility index (Phi) is 2.58. The lowest BCUT2D eigenvalue weighted by molar-refractivity contribution is -0.385. The molecule has 17 heavy (non-hydrogen) atoms. The Morgan fingerprint density at radius 1 is 1.53 bits per heavy atom. The molecule has 0 atom stereocenters. The monoisotopic (exact) mass is 228 g/mol. The van der Waals surface area contributed by atoms with Gasteiger partial charge in [-0.2, -0.15) is 5.26 Å². The van der Waals surface area contributed by atoms with E-state index in [1.807, 2.05) is 6.07 Å². The Hall–Kier alpha value is -2.68. The van der Waals surface area contributed by atoms with Crippen LogP contribution in [0.2, 0.25) is 0 Å². The van der Waals surface area contributed by atoms with E-state index in [2.05, 4.69) is 4.98 Å². The molecule has 0 bridgehead atoms. The van der Waals surface area contributed by atoms with Crippen molar-refractivity contribution >= 4 is 5.69 Å². The van der Waals surface area contributed by atoms with Gasteiger partial charge in [-0.1, -0.05) is 0 Å². The third-order valence-corrected chi connectivity index (χ3v) is 2.40. The highest BCUT2D eigenvalue weighted by Crippen LogP contribution is 2.21. The van der Waals surface area contributed by atoms with E-state index in [1.54, 1.807) is 29.8 Å². The van der Waals surface area contributed by atoms with Crippen LogP contribution in [0.4, 0.5) is 5.69 Å². The van der Waals surface area contributed by atoms with Crippen LogP contribution in [0, 0.1) is 28.4 Å². The zero-order valence-electron chi connectivity index (χ0n) is 8.99. The van der Waals surface area contributed by atoms with Crippen molar-refractivity contribution in [2.45, 2.75) is 6.92 Å². The lowest BCUT2D eigenvalue weighted by Crippen LogP contribution is -1.98. The molecule has 1 aromatic heterocycles. The number of nitriles is 1. The van der Waals surface area contributed by atoms with E-state index in [0.29, 0.717) is 11.3 Å². The Morgan fingerprint density at radius 3 is 2.88 bits per heavy atom.